The Hall–Kier alpha value is -2.35. The van der Waals surface area contributed by atoms with Crippen molar-refractivity contribution in [2.45, 2.75) is 11.4 Å². The first-order valence-corrected chi connectivity index (χ1v) is 10.9. The van der Waals surface area contributed by atoms with Crippen molar-refractivity contribution in [3.63, 3.8) is 0 Å². The largest absolute Gasteiger partial charge is 0.496 e. The number of para-hydroxylation sites is 2. The SMILES string of the molecule is COc1ccccc1-c1nc(CN(C)CC(=O)Nc2ccccc2SC)cs1. The molecular weight excluding hydrogens is 390 g/mol. The molecule has 0 atom stereocenters. The Bertz CT molecular complexity index is 943. The van der Waals surface area contributed by atoms with Crippen LogP contribution >= 0.6 is 23.1 Å². The minimum atomic E-state index is -0.0378. The minimum absolute atomic E-state index is 0.0378. The Labute approximate surface area is 173 Å². The van der Waals surface area contributed by atoms with Gasteiger partial charge in [0.1, 0.15) is 10.8 Å². The number of rotatable bonds is 8. The number of likely N-dealkylation sites (N-methyl/N-ethyl adjacent to an activating group) is 1. The monoisotopic (exact) mass is 413 g/mol. The molecule has 1 amide bonds. The quantitative estimate of drug-likeness (QED) is 0.547. The topological polar surface area (TPSA) is 54.5 Å². The van der Waals surface area contributed by atoms with Crippen LogP contribution < -0.4 is 10.1 Å². The van der Waals surface area contributed by atoms with Gasteiger partial charge in [-0.25, -0.2) is 4.98 Å². The molecule has 0 fully saturated rings. The van der Waals surface area contributed by atoms with Gasteiger partial charge in [0.2, 0.25) is 5.91 Å². The van der Waals surface area contributed by atoms with Crippen LogP contribution in [-0.4, -0.2) is 42.7 Å². The molecule has 0 aliphatic carbocycles. The zero-order chi connectivity index (χ0) is 19.9. The van der Waals surface area contributed by atoms with Crippen LogP contribution in [-0.2, 0) is 11.3 Å². The molecule has 0 unspecified atom stereocenters. The van der Waals surface area contributed by atoms with Gasteiger partial charge in [-0.3, -0.25) is 9.69 Å². The van der Waals surface area contributed by atoms with Gasteiger partial charge >= 0.3 is 0 Å². The third-order valence-corrected chi connectivity index (χ3v) is 5.84. The number of nitrogens with one attached hydrogen (secondary N) is 1. The predicted octanol–water partition coefficient (Wildman–Crippen LogP) is 4.61. The molecule has 146 valence electrons. The van der Waals surface area contributed by atoms with E-state index in [2.05, 4.69) is 5.32 Å². The van der Waals surface area contributed by atoms with Gasteiger partial charge in [0.15, 0.2) is 0 Å². The summed E-state index contributed by atoms with van der Waals surface area (Å²) in [5.74, 6) is 0.771. The summed E-state index contributed by atoms with van der Waals surface area (Å²) in [5.41, 5.74) is 2.77. The lowest BCUT2D eigenvalue weighted by Gasteiger charge is -2.16. The maximum atomic E-state index is 12.4. The Kier molecular flexibility index (Phi) is 7.08. The number of methoxy groups -OCH3 is 1. The van der Waals surface area contributed by atoms with Crippen LogP contribution in [0, 0.1) is 0 Å². The Morgan fingerprint density at radius 3 is 2.75 bits per heavy atom. The van der Waals surface area contributed by atoms with Gasteiger partial charge < -0.3 is 10.1 Å². The van der Waals surface area contributed by atoms with Crippen LogP contribution in [0.15, 0.2) is 58.8 Å². The highest BCUT2D eigenvalue weighted by Gasteiger charge is 2.13. The highest BCUT2D eigenvalue weighted by atomic mass is 32.2. The number of thioether (sulfide) groups is 1. The molecule has 0 spiro atoms. The average molecular weight is 414 g/mol. The molecule has 7 heteroatoms. The zero-order valence-corrected chi connectivity index (χ0v) is 17.8. The number of benzene rings is 2. The number of nitrogens with zero attached hydrogens (tertiary/aromatic N) is 2. The summed E-state index contributed by atoms with van der Waals surface area (Å²) in [5, 5.41) is 5.93. The molecule has 0 aliphatic heterocycles. The van der Waals surface area contributed by atoms with Crippen molar-refractivity contribution in [1.29, 1.82) is 0 Å². The second-order valence-corrected chi connectivity index (χ2v) is 7.97. The molecule has 5 nitrogen and oxygen atoms in total. The summed E-state index contributed by atoms with van der Waals surface area (Å²) in [6, 6.07) is 15.7. The highest BCUT2D eigenvalue weighted by molar-refractivity contribution is 7.98. The first kappa shape index (κ1) is 20.4. The van der Waals surface area contributed by atoms with Crippen molar-refractivity contribution in [2.24, 2.45) is 0 Å². The third-order valence-electron chi connectivity index (χ3n) is 4.12. The van der Waals surface area contributed by atoms with E-state index in [9.17, 15) is 4.79 Å². The van der Waals surface area contributed by atoms with Crippen molar-refractivity contribution >= 4 is 34.7 Å². The first-order valence-electron chi connectivity index (χ1n) is 8.80. The number of thiazole rings is 1. The van der Waals surface area contributed by atoms with Gasteiger partial charge in [0, 0.05) is 16.8 Å². The number of carbonyl (C=O) groups is 1. The van der Waals surface area contributed by atoms with Gasteiger partial charge in [-0.15, -0.1) is 23.1 Å². The lowest BCUT2D eigenvalue weighted by Crippen LogP contribution is -2.30. The van der Waals surface area contributed by atoms with Crippen molar-refractivity contribution in [3.8, 4) is 16.3 Å². The molecule has 0 saturated heterocycles. The predicted molar refractivity (Wildman–Crippen MR) is 117 cm³/mol. The smallest absolute Gasteiger partial charge is 0.238 e. The van der Waals surface area contributed by atoms with Crippen molar-refractivity contribution in [3.05, 3.63) is 59.6 Å². The number of aromatic nitrogens is 1. The maximum Gasteiger partial charge on any atom is 0.238 e. The molecule has 28 heavy (non-hydrogen) atoms. The van der Waals surface area contributed by atoms with Crippen LogP contribution in [0.3, 0.4) is 0 Å². The van der Waals surface area contributed by atoms with E-state index in [1.54, 1.807) is 30.2 Å². The highest BCUT2D eigenvalue weighted by Crippen LogP contribution is 2.32. The lowest BCUT2D eigenvalue weighted by molar-refractivity contribution is -0.117. The molecular formula is C21H23N3O2S2. The number of anilines is 1. The van der Waals surface area contributed by atoms with Gasteiger partial charge in [-0.2, -0.15) is 0 Å². The van der Waals surface area contributed by atoms with E-state index in [1.165, 1.54) is 0 Å². The van der Waals surface area contributed by atoms with E-state index in [-0.39, 0.29) is 5.91 Å². The second-order valence-electron chi connectivity index (χ2n) is 6.27. The van der Waals surface area contributed by atoms with E-state index in [4.69, 9.17) is 9.72 Å². The fourth-order valence-electron chi connectivity index (χ4n) is 2.84. The molecule has 1 N–H and O–H groups in total. The summed E-state index contributed by atoms with van der Waals surface area (Å²) in [6.07, 6.45) is 2.00. The molecule has 1 heterocycles. The van der Waals surface area contributed by atoms with Crippen LogP contribution in [0.5, 0.6) is 5.75 Å². The normalized spacial score (nSPS) is 10.9. The Morgan fingerprint density at radius 1 is 1.21 bits per heavy atom. The van der Waals surface area contributed by atoms with Crippen LogP contribution in [0.2, 0.25) is 0 Å². The summed E-state index contributed by atoms with van der Waals surface area (Å²) in [4.78, 5) is 20.1. The summed E-state index contributed by atoms with van der Waals surface area (Å²) in [6.45, 7) is 0.896. The number of carbonyl (C=O) groups excluding carboxylic acids is 1. The number of amides is 1. The molecule has 0 radical (unpaired) electrons. The van der Waals surface area contributed by atoms with E-state index in [0.29, 0.717) is 13.1 Å². The standard InChI is InChI=1S/C21H23N3O2S2/c1-24(13-20(25)23-17-9-5-7-11-19(17)27-3)12-15-14-28-21(22-15)16-8-4-6-10-18(16)26-2/h4-11,14H,12-13H2,1-3H3,(H,23,25). The van der Waals surface area contributed by atoms with E-state index >= 15 is 0 Å². The van der Waals surface area contributed by atoms with Crippen molar-refractivity contribution in [2.75, 3.05) is 32.3 Å². The maximum absolute atomic E-state index is 12.4. The minimum Gasteiger partial charge on any atom is -0.496 e. The third kappa shape index (κ3) is 5.13. The van der Waals surface area contributed by atoms with E-state index < -0.39 is 0 Å². The molecule has 3 aromatic rings. The molecule has 2 aromatic carbocycles. The molecule has 0 saturated carbocycles. The molecule has 3 rings (SSSR count). The molecule has 0 aliphatic rings. The second kappa shape index (κ2) is 9.73. The van der Waals surface area contributed by atoms with Crippen LogP contribution in [0.4, 0.5) is 5.69 Å². The molecule has 1 aromatic heterocycles. The van der Waals surface area contributed by atoms with Crippen molar-refractivity contribution in [1.82, 2.24) is 9.88 Å². The number of hydrogen-bond acceptors (Lipinski definition) is 6. The van der Waals surface area contributed by atoms with E-state index in [0.717, 1.165) is 32.6 Å². The lowest BCUT2D eigenvalue weighted by atomic mass is 10.2. The van der Waals surface area contributed by atoms with Crippen LogP contribution in [0.1, 0.15) is 5.69 Å². The summed E-state index contributed by atoms with van der Waals surface area (Å²) in [7, 11) is 3.58. The number of ether oxygens (including phenoxy) is 1. The summed E-state index contributed by atoms with van der Waals surface area (Å²) < 4.78 is 5.42. The van der Waals surface area contributed by atoms with Gasteiger partial charge in [0.05, 0.1) is 30.6 Å². The average Bonchev–Trinajstić information content (AvgIpc) is 3.16. The fourth-order valence-corrected chi connectivity index (χ4v) is 4.23. The zero-order valence-electron chi connectivity index (χ0n) is 16.1. The van der Waals surface area contributed by atoms with Gasteiger partial charge in [-0.1, -0.05) is 24.3 Å². The fraction of sp³-hybridized carbons (Fsp3) is 0.238. The van der Waals surface area contributed by atoms with Crippen LogP contribution in [0.25, 0.3) is 10.6 Å². The first-order chi connectivity index (χ1) is 13.6. The summed E-state index contributed by atoms with van der Waals surface area (Å²) >= 11 is 3.19. The van der Waals surface area contributed by atoms with Crippen molar-refractivity contribution < 1.29 is 9.53 Å². The van der Waals surface area contributed by atoms with Gasteiger partial charge in [0.25, 0.3) is 0 Å². The van der Waals surface area contributed by atoms with E-state index in [1.807, 2.05) is 72.1 Å². The molecule has 0 bridgehead atoms. The van der Waals surface area contributed by atoms with Gasteiger partial charge in [-0.05, 0) is 37.6 Å². The Morgan fingerprint density at radius 2 is 1.96 bits per heavy atom. The number of hydrogen-bond donors (Lipinski definition) is 1. The Balaban J connectivity index is 1.60.